The third kappa shape index (κ3) is 5.54. The molecular formula is C26H29N3O3S. The molecule has 0 aliphatic carbocycles. The Morgan fingerprint density at radius 3 is 2.27 bits per heavy atom. The van der Waals surface area contributed by atoms with Crippen LogP contribution in [0.2, 0.25) is 0 Å². The summed E-state index contributed by atoms with van der Waals surface area (Å²) in [7, 11) is 1.64. The van der Waals surface area contributed by atoms with Crippen molar-refractivity contribution in [2.24, 2.45) is 0 Å². The van der Waals surface area contributed by atoms with Crippen molar-refractivity contribution in [1.29, 1.82) is 0 Å². The predicted octanol–water partition coefficient (Wildman–Crippen LogP) is 6.11. The normalized spacial score (nSPS) is 13.5. The van der Waals surface area contributed by atoms with Gasteiger partial charge in [0.05, 0.1) is 18.5 Å². The van der Waals surface area contributed by atoms with Crippen molar-refractivity contribution in [3.63, 3.8) is 0 Å². The van der Waals surface area contributed by atoms with Gasteiger partial charge in [0.2, 0.25) is 0 Å². The van der Waals surface area contributed by atoms with Gasteiger partial charge in [-0.15, -0.1) is 0 Å². The largest absolute Gasteiger partial charge is 0.495 e. The van der Waals surface area contributed by atoms with E-state index in [0.717, 1.165) is 64.8 Å². The van der Waals surface area contributed by atoms with Gasteiger partial charge in [0.25, 0.3) is 0 Å². The molecule has 1 aliphatic heterocycles. The van der Waals surface area contributed by atoms with Crippen LogP contribution in [0.5, 0.6) is 17.2 Å². The highest BCUT2D eigenvalue weighted by molar-refractivity contribution is 8.14. The van der Waals surface area contributed by atoms with E-state index in [0.29, 0.717) is 13.1 Å². The van der Waals surface area contributed by atoms with Crippen molar-refractivity contribution < 1.29 is 14.3 Å². The van der Waals surface area contributed by atoms with E-state index in [4.69, 9.17) is 9.47 Å². The van der Waals surface area contributed by atoms with E-state index in [1.54, 1.807) is 7.11 Å². The SMILES string of the molecule is COc1cc(C)c(C)cc1NSC(=O)N1CCN(c2ccccc2Oc2ccccc2)CC1. The standard InChI is InChI=1S/C26H29N3O3S/c1-19-17-22(25(31-3)18-20(19)2)27-33-26(30)29-15-13-28(14-16-29)23-11-7-8-12-24(23)32-21-9-5-4-6-10-21/h4-12,17-18,27H,13-16H2,1-3H3. The fourth-order valence-corrected chi connectivity index (χ4v) is 4.42. The minimum Gasteiger partial charge on any atom is -0.495 e. The van der Waals surface area contributed by atoms with E-state index in [9.17, 15) is 4.79 Å². The number of nitrogens with zero attached hydrogens (tertiary/aromatic N) is 2. The van der Waals surface area contributed by atoms with Crippen LogP contribution in [0.15, 0.2) is 66.7 Å². The lowest BCUT2D eigenvalue weighted by Crippen LogP contribution is -2.48. The van der Waals surface area contributed by atoms with Gasteiger partial charge in [-0.2, -0.15) is 0 Å². The molecule has 33 heavy (non-hydrogen) atoms. The summed E-state index contributed by atoms with van der Waals surface area (Å²) in [4.78, 5) is 17.0. The Bertz CT molecular complexity index is 1100. The van der Waals surface area contributed by atoms with Crippen LogP contribution in [0.3, 0.4) is 0 Å². The third-order valence-corrected chi connectivity index (χ3v) is 6.53. The summed E-state index contributed by atoms with van der Waals surface area (Å²) in [6, 6.07) is 21.8. The summed E-state index contributed by atoms with van der Waals surface area (Å²) in [5, 5.41) is 0.00347. The Labute approximate surface area is 199 Å². The zero-order valence-corrected chi connectivity index (χ0v) is 20.0. The van der Waals surface area contributed by atoms with Crippen LogP contribution in [0.1, 0.15) is 11.1 Å². The Hall–Kier alpha value is -3.32. The lowest BCUT2D eigenvalue weighted by molar-refractivity contribution is 0.219. The number of methoxy groups -OCH3 is 1. The van der Waals surface area contributed by atoms with Crippen LogP contribution in [0, 0.1) is 13.8 Å². The number of carbonyl (C=O) groups excluding carboxylic acids is 1. The van der Waals surface area contributed by atoms with Crippen LogP contribution in [0.4, 0.5) is 16.2 Å². The molecule has 0 bridgehead atoms. The number of hydrogen-bond acceptors (Lipinski definition) is 6. The van der Waals surface area contributed by atoms with Gasteiger partial charge < -0.3 is 24.0 Å². The third-order valence-electron chi connectivity index (χ3n) is 5.78. The molecule has 0 aromatic heterocycles. The number of rotatable bonds is 6. The molecule has 0 radical (unpaired) electrons. The van der Waals surface area contributed by atoms with Crippen molar-refractivity contribution in [3.8, 4) is 17.2 Å². The quantitative estimate of drug-likeness (QED) is 0.445. The number of nitrogens with one attached hydrogen (secondary N) is 1. The minimum absolute atomic E-state index is 0.00347. The molecule has 0 saturated carbocycles. The molecule has 7 heteroatoms. The monoisotopic (exact) mass is 463 g/mol. The van der Waals surface area contributed by atoms with E-state index in [-0.39, 0.29) is 5.24 Å². The molecule has 0 atom stereocenters. The average molecular weight is 464 g/mol. The molecule has 0 unspecified atom stereocenters. The Kier molecular flexibility index (Phi) is 7.29. The first-order valence-electron chi connectivity index (χ1n) is 11.0. The Balaban J connectivity index is 1.35. The Morgan fingerprint density at radius 1 is 0.879 bits per heavy atom. The molecule has 1 aliphatic rings. The van der Waals surface area contributed by atoms with Crippen molar-refractivity contribution >= 4 is 28.6 Å². The van der Waals surface area contributed by atoms with Crippen molar-refractivity contribution in [1.82, 2.24) is 4.90 Å². The van der Waals surface area contributed by atoms with Gasteiger partial charge in [-0.3, -0.25) is 4.79 Å². The maximum Gasteiger partial charge on any atom is 0.302 e. The topological polar surface area (TPSA) is 54.0 Å². The fourth-order valence-electron chi connectivity index (χ4n) is 3.75. The highest BCUT2D eigenvalue weighted by Crippen LogP contribution is 2.33. The average Bonchev–Trinajstić information content (AvgIpc) is 2.85. The van der Waals surface area contributed by atoms with Crippen LogP contribution < -0.4 is 19.1 Å². The molecule has 172 valence electrons. The van der Waals surface area contributed by atoms with Gasteiger partial charge in [-0.1, -0.05) is 30.3 Å². The highest BCUT2D eigenvalue weighted by Gasteiger charge is 2.24. The van der Waals surface area contributed by atoms with Crippen LogP contribution in [-0.4, -0.2) is 43.4 Å². The Morgan fingerprint density at radius 2 is 1.55 bits per heavy atom. The number of carbonyl (C=O) groups is 1. The zero-order valence-electron chi connectivity index (χ0n) is 19.2. The molecule has 1 amide bonds. The second-order valence-electron chi connectivity index (χ2n) is 7.96. The number of anilines is 2. The number of ether oxygens (including phenoxy) is 2. The van der Waals surface area contributed by atoms with Gasteiger partial charge in [0, 0.05) is 38.1 Å². The number of aryl methyl sites for hydroxylation is 2. The fraction of sp³-hybridized carbons (Fsp3) is 0.269. The molecule has 0 spiro atoms. The van der Waals surface area contributed by atoms with Crippen molar-refractivity contribution in [3.05, 3.63) is 77.9 Å². The number of para-hydroxylation sites is 3. The van der Waals surface area contributed by atoms with E-state index in [1.165, 1.54) is 0 Å². The molecule has 1 saturated heterocycles. The molecule has 4 rings (SSSR count). The van der Waals surface area contributed by atoms with Gasteiger partial charge in [0.1, 0.15) is 11.5 Å². The second kappa shape index (κ2) is 10.5. The maximum absolute atomic E-state index is 12.8. The van der Waals surface area contributed by atoms with Crippen molar-refractivity contribution in [2.45, 2.75) is 13.8 Å². The first-order chi connectivity index (χ1) is 16.0. The number of amides is 1. The van der Waals surface area contributed by atoms with Crippen LogP contribution in [0.25, 0.3) is 0 Å². The number of piperazine rings is 1. The minimum atomic E-state index is 0.00347. The predicted molar refractivity (Wildman–Crippen MR) is 136 cm³/mol. The van der Waals surface area contributed by atoms with Gasteiger partial charge >= 0.3 is 5.24 Å². The summed E-state index contributed by atoms with van der Waals surface area (Å²) < 4.78 is 14.7. The smallest absolute Gasteiger partial charge is 0.302 e. The van der Waals surface area contributed by atoms with Crippen molar-refractivity contribution in [2.75, 3.05) is 42.9 Å². The van der Waals surface area contributed by atoms with E-state index in [2.05, 4.69) is 15.7 Å². The summed E-state index contributed by atoms with van der Waals surface area (Å²) in [5.74, 6) is 2.36. The molecule has 3 aromatic rings. The summed E-state index contributed by atoms with van der Waals surface area (Å²) in [6.45, 7) is 6.88. The number of hydrogen-bond donors (Lipinski definition) is 1. The zero-order chi connectivity index (χ0) is 23.2. The molecule has 6 nitrogen and oxygen atoms in total. The maximum atomic E-state index is 12.8. The molecule has 1 fully saturated rings. The van der Waals surface area contributed by atoms with Gasteiger partial charge in [0.15, 0.2) is 5.75 Å². The first-order valence-corrected chi connectivity index (χ1v) is 11.8. The van der Waals surface area contributed by atoms with Gasteiger partial charge in [-0.05, 0) is 61.4 Å². The van der Waals surface area contributed by atoms with E-state index >= 15 is 0 Å². The highest BCUT2D eigenvalue weighted by atomic mass is 32.2. The number of benzene rings is 3. The summed E-state index contributed by atoms with van der Waals surface area (Å²) in [6.07, 6.45) is 0. The molecular weight excluding hydrogens is 434 g/mol. The first kappa shape index (κ1) is 22.9. The molecule has 3 aromatic carbocycles. The summed E-state index contributed by atoms with van der Waals surface area (Å²) >= 11 is 1.10. The lowest BCUT2D eigenvalue weighted by Gasteiger charge is -2.36. The second-order valence-corrected chi connectivity index (χ2v) is 8.72. The van der Waals surface area contributed by atoms with E-state index < -0.39 is 0 Å². The summed E-state index contributed by atoms with van der Waals surface area (Å²) in [5.41, 5.74) is 4.15. The molecule has 1 heterocycles. The van der Waals surface area contributed by atoms with E-state index in [1.807, 2.05) is 79.4 Å². The van der Waals surface area contributed by atoms with Crippen LogP contribution in [-0.2, 0) is 0 Å². The van der Waals surface area contributed by atoms with Crippen LogP contribution >= 0.6 is 11.9 Å². The van der Waals surface area contributed by atoms with Gasteiger partial charge in [-0.25, -0.2) is 0 Å². The molecule has 1 N–H and O–H groups in total. The lowest BCUT2D eigenvalue weighted by atomic mass is 10.1.